The normalized spacial score (nSPS) is 15.8. The molecule has 1 aromatic rings. The van der Waals surface area contributed by atoms with E-state index in [9.17, 15) is 4.79 Å². The predicted octanol–water partition coefficient (Wildman–Crippen LogP) is 7.35. The minimum Gasteiger partial charge on any atom is -0.444 e. The molecule has 3 nitrogen and oxygen atoms in total. The first-order valence-electron chi connectivity index (χ1n) is 10.3. The summed E-state index contributed by atoms with van der Waals surface area (Å²) in [4.78, 5) is 15.0. The molecule has 0 saturated heterocycles. The summed E-state index contributed by atoms with van der Waals surface area (Å²) in [5, 5.41) is 2.86. The van der Waals surface area contributed by atoms with Crippen LogP contribution in [0.1, 0.15) is 39.6 Å². The Morgan fingerprint density at radius 1 is 1.00 bits per heavy atom. The molecule has 1 N–H and O–H groups in total. The van der Waals surface area contributed by atoms with Gasteiger partial charge in [-0.25, -0.2) is 4.79 Å². The van der Waals surface area contributed by atoms with E-state index in [4.69, 9.17) is 4.74 Å². The summed E-state index contributed by atoms with van der Waals surface area (Å²) in [5.74, 6) is 1.50. The van der Waals surface area contributed by atoms with Gasteiger partial charge in [0.2, 0.25) is 0 Å². The fraction of sp³-hybridized carbons (Fsp3) is 0.375. The minimum absolute atomic E-state index is 0. The Bertz CT molecular complexity index is 764. The maximum atomic E-state index is 12.5. The molecule has 0 aromatic heterocycles. The zero-order valence-electron chi connectivity index (χ0n) is 16.9. The van der Waals surface area contributed by atoms with E-state index in [1.54, 1.807) is 23.5 Å². The van der Waals surface area contributed by atoms with Crippen LogP contribution in [0, 0.1) is 0 Å². The van der Waals surface area contributed by atoms with Gasteiger partial charge in [0.1, 0.15) is 6.10 Å². The Kier molecular flexibility index (Phi) is 9.03. The van der Waals surface area contributed by atoms with Crippen LogP contribution in [0.2, 0.25) is 0 Å². The molecule has 0 spiro atoms. The van der Waals surface area contributed by atoms with Gasteiger partial charge in [-0.15, -0.1) is 23.5 Å². The SMILES string of the molecule is CCc1ccc(NC(=O)OC(CSC2=CCCC=C2)CSC2=CCCC=C2)cc1.[HH]. The molecule has 29 heavy (non-hydrogen) atoms. The second-order valence-corrected chi connectivity index (χ2v) is 9.18. The number of hydrogen-bond acceptors (Lipinski definition) is 4. The molecule has 0 aliphatic heterocycles. The molecule has 0 saturated carbocycles. The van der Waals surface area contributed by atoms with Crippen LogP contribution in [0.25, 0.3) is 0 Å². The largest absolute Gasteiger partial charge is 0.444 e. The van der Waals surface area contributed by atoms with Crippen molar-refractivity contribution in [3.63, 3.8) is 0 Å². The van der Waals surface area contributed by atoms with Gasteiger partial charge in [0, 0.05) is 28.4 Å². The highest BCUT2D eigenvalue weighted by atomic mass is 32.2. The first-order valence-corrected chi connectivity index (χ1v) is 12.3. The minimum atomic E-state index is -0.387. The monoisotopic (exact) mass is 429 g/mol. The van der Waals surface area contributed by atoms with Gasteiger partial charge in [-0.3, -0.25) is 5.32 Å². The maximum Gasteiger partial charge on any atom is 0.411 e. The molecule has 2 aliphatic carbocycles. The molecular formula is C24H31NO2S2. The zero-order chi connectivity index (χ0) is 20.3. The molecule has 156 valence electrons. The third-order valence-corrected chi connectivity index (χ3v) is 7.03. The second-order valence-electron chi connectivity index (χ2n) is 7.00. The fourth-order valence-corrected chi connectivity index (χ4v) is 5.14. The topological polar surface area (TPSA) is 38.3 Å². The molecule has 1 amide bonds. The fourth-order valence-electron chi connectivity index (χ4n) is 3.01. The van der Waals surface area contributed by atoms with Gasteiger partial charge >= 0.3 is 6.09 Å². The predicted molar refractivity (Wildman–Crippen MR) is 130 cm³/mol. The number of anilines is 1. The van der Waals surface area contributed by atoms with E-state index in [1.807, 2.05) is 24.3 Å². The third-order valence-electron chi connectivity index (χ3n) is 4.68. The number of rotatable bonds is 9. The summed E-state index contributed by atoms with van der Waals surface area (Å²) in [5.41, 5.74) is 2.01. The van der Waals surface area contributed by atoms with Crippen LogP contribution in [0.3, 0.4) is 0 Å². The van der Waals surface area contributed by atoms with E-state index in [1.165, 1.54) is 15.4 Å². The van der Waals surface area contributed by atoms with Gasteiger partial charge in [0.05, 0.1) is 0 Å². The van der Waals surface area contributed by atoms with Crippen molar-refractivity contribution in [1.29, 1.82) is 0 Å². The van der Waals surface area contributed by atoms with Gasteiger partial charge in [-0.05, 0) is 49.8 Å². The Morgan fingerprint density at radius 2 is 1.59 bits per heavy atom. The van der Waals surface area contributed by atoms with Crippen LogP contribution in [-0.2, 0) is 11.2 Å². The lowest BCUT2D eigenvalue weighted by Gasteiger charge is -2.19. The first kappa shape index (κ1) is 21.8. The van der Waals surface area contributed by atoms with Gasteiger partial charge in [0.15, 0.2) is 0 Å². The quantitative estimate of drug-likeness (QED) is 0.445. The van der Waals surface area contributed by atoms with E-state index in [0.29, 0.717) is 0 Å². The molecule has 3 rings (SSSR count). The molecule has 0 fully saturated rings. The van der Waals surface area contributed by atoms with Crippen LogP contribution in [0.15, 0.2) is 70.5 Å². The number of hydrogen-bond donors (Lipinski definition) is 1. The number of amides is 1. The highest BCUT2D eigenvalue weighted by Gasteiger charge is 2.17. The number of allylic oxidation sites excluding steroid dienone is 6. The van der Waals surface area contributed by atoms with Crippen LogP contribution >= 0.6 is 23.5 Å². The number of ether oxygens (including phenoxy) is 1. The molecule has 1 aromatic carbocycles. The number of benzene rings is 1. The summed E-state index contributed by atoms with van der Waals surface area (Å²) in [6.07, 6.45) is 18.1. The number of carbonyl (C=O) groups excluding carboxylic acids is 1. The zero-order valence-corrected chi connectivity index (χ0v) is 18.6. The van der Waals surface area contributed by atoms with E-state index in [-0.39, 0.29) is 13.6 Å². The summed E-state index contributed by atoms with van der Waals surface area (Å²) in [7, 11) is 0. The molecule has 0 radical (unpaired) electrons. The first-order chi connectivity index (χ1) is 14.2. The number of carbonyl (C=O) groups is 1. The van der Waals surface area contributed by atoms with Gasteiger partial charge in [-0.1, -0.05) is 55.5 Å². The molecule has 5 heteroatoms. The van der Waals surface area contributed by atoms with E-state index in [2.05, 4.69) is 48.7 Å². The molecule has 0 bridgehead atoms. The second kappa shape index (κ2) is 12.0. The van der Waals surface area contributed by atoms with Gasteiger partial charge < -0.3 is 4.74 Å². The van der Waals surface area contributed by atoms with Crippen LogP contribution in [0.5, 0.6) is 0 Å². The standard InChI is InChI=1S/C24H29NO2S2.H2/c1-2-19-13-15-20(16-14-19)25-24(26)27-21(17-28-22-9-5-3-6-10-22)18-29-23-11-7-4-8-12-23;/h5,7,9-16,21H,2-4,6,8,17-18H2,1H3,(H,25,26);1H. The smallest absolute Gasteiger partial charge is 0.411 e. The Labute approximate surface area is 184 Å². The Morgan fingerprint density at radius 3 is 2.07 bits per heavy atom. The third kappa shape index (κ3) is 7.82. The number of nitrogens with one attached hydrogen (secondary N) is 1. The maximum absolute atomic E-state index is 12.5. The Balaban J connectivity index is 0.00000320. The van der Waals surface area contributed by atoms with Gasteiger partial charge in [-0.2, -0.15) is 0 Å². The number of aryl methyl sites for hydroxylation is 1. The summed E-state index contributed by atoms with van der Waals surface area (Å²) in [6.45, 7) is 2.12. The van der Waals surface area contributed by atoms with E-state index in [0.717, 1.165) is 49.3 Å². The molecule has 0 unspecified atom stereocenters. The Hall–Kier alpha value is -1.85. The molecule has 2 aliphatic rings. The summed E-state index contributed by atoms with van der Waals surface area (Å²) < 4.78 is 5.80. The van der Waals surface area contributed by atoms with Crippen molar-refractivity contribution in [1.82, 2.24) is 0 Å². The van der Waals surface area contributed by atoms with Crippen molar-refractivity contribution >= 4 is 35.3 Å². The van der Waals surface area contributed by atoms with Crippen molar-refractivity contribution in [2.24, 2.45) is 0 Å². The van der Waals surface area contributed by atoms with E-state index >= 15 is 0 Å². The average molecular weight is 430 g/mol. The molecular weight excluding hydrogens is 398 g/mol. The average Bonchev–Trinajstić information content (AvgIpc) is 2.77. The van der Waals surface area contributed by atoms with Crippen molar-refractivity contribution in [2.45, 2.75) is 45.1 Å². The lowest BCUT2D eigenvalue weighted by atomic mass is 10.1. The lowest BCUT2D eigenvalue weighted by molar-refractivity contribution is 0.134. The lowest BCUT2D eigenvalue weighted by Crippen LogP contribution is -2.26. The molecule has 0 heterocycles. The van der Waals surface area contributed by atoms with Crippen LogP contribution in [0.4, 0.5) is 10.5 Å². The van der Waals surface area contributed by atoms with Crippen molar-refractivity contribution in [3.8, 4) is 0 Å². The van der Waals surface area contributed by atoms with Crippen molar-refractivity contribution < 1.29 is 11.0 Å². The van der Waals surface area contributed by atoms with Crippen molar-refractivity contribution in [2.75, 3.05) is 16.8 Å². The highest BCUT2D eigenvalue weighted by molar-refractivity contribution is 8.04. The van der Waals surface area contributed by atoms with E-state index < -0.39 is 0 Å². The molecule has 0 atom stereocenters. The number of thioether (sulfide) groups is 2. The van der Waals surface area contributed by atoms with Crippen LogP contribution in [-0.4, -0.2) is 23.7 Å². The van der Waals surface area contributed by atoms with Crippen LogP contribution < -0.4 is 5.32 Å². The summed E-state index contributed by atoms with van der Waals surface area (Å²) >= 11 is 3.53. The summed E-state index contributed by atoms with van der Waals surface area (Å²) in [6, 6.07) is 7.91. The highest BCUT2D eigenvalue weighted by Crippen LogP contribution is 2.28. The van der Waals surface area contributed by atoms with Crippen molar-refractivity contribution in [3.05, 3.63) is 76.1 Å². The van der Waals surface area contributed by atoms with Gasteiger partial charge in [0.25, 0.3) is 0 Å².